The molecular weight excluding hydrogens is 398 g/mol. The molecule has 0 spiro atoms. The van der Waals surface area contributed by atoms with Crippen LogP contribution >= 0.6 is 12.2 Å². The van der Waals surface area contributed by atoms with E-state index in [0.717, 1.165) is 5.56 Å². The molecule has 0 aliphatic carbocycles. The highest BCUT2D eigenvalue weighted by molar-refractivity contribution is 7.80. The van der Waals surface area contributed by atoms with Gasteiger partial charge in [-0.15, -0.1) is 0 Å². The van der Waals surface area contributed by atoms with Crippen LogP contribution < -0.4 is 20.7 Å². The summed E-state index contributed by atoms with van der Waals surface area (Å²) in [7, 11) is 0. The Balaban J connectivity index is 1.53. The molecule has 3 N–H and O–H groups in total. The number of anilines is 2. The van der Waals surface area contributed by atoms with Crippen molar-refractivity contribution in [1.29, 1.82) is 0 Å². The van der Waals surface area contributed by atoms with E-state index in [9.17, 15) is 9.59 Å². The molecule has 3 aromatic carbocycles. The van der Waals surface area contributed by atoms with Gasteiger partial charge in [0.25, 0.3) is 11.8 Å². The summed E-state index contributed by atoms with van der Waals surface area (Å²) in [5.74, 6) is 0.0531. The van der Waals surface area contributed by atoms with Gasteiger partial charge in [-0.05, 0) is 61.1 Å². The maximum Gasteiger partial charge on any atom is 0.262 e. The van der Waals surface area contributed by atoms with Crippen LogP contribution in [0.4, 0.5) is 11.4 Å². The van der Waals surface area contributed by atoms with Gasteiger partial charge in [0.2, 0.25) is 0 Å². The third-order valence-corrected chi connectivity index (χ3v) is 4.34. The number of hydrogen-bond acceptors (Lipinski definition) is 4. The summed E-state index contributed by atoms with van der Waals surface area (Å²) in [5, 5.41) is 8.54. The van der Waals surface area contributed by atoms with E-state index in [1.165, 1.54) is 0 Å². The molecule has 0 aliphatic rings. The molecule has 3 aromatic rings. The van der Waals surface area contributed by atoms with Crippen molar-refractivity contribution < 1.29 is 14.3 Å². The van der Waals surface area contributed by atoms with Crippen LogP contribution in [-0.2, 0) is 4.79 Å². The highest BCUT2D eigenvalue weighted by Gasteiger charge is 2.10. The highest BCUT2D eigenvalue weighted by atomic mass is 32.1. The van der Waals surface area contributed by atoms with E-state index in [1.54, 1.807) is 48.5 Å². The van der Waals surface area contributed by atoms with E-state index in [-0.39, 0.29) is 23.5 Å². The van der Waals surface area contributed by atoms with Crippen molar-refractivity contribution in [2.24, 2.45) is 0 Å². The first-order chi connectivity index (χ1) is 14.5. The lowest BCUT2D eigenvalue weighted by Crippen LogP contribution is -2.34. The number of hydrogen-bond donors (Lipinski definition) is 3. The van der Waals surface area contributed by atoms with Gasteiger partial charge in [0.05, 0.1) is 0 Å². The van der Waals surface area contributed by atoms with Crippen molar-refractivity contribution in [2.45, 2.75) is 6.92 Å². The van der Waals surface area contributed by atoms with Gasteiger partial charge in [0.1, 0.15) is 5.75 Å². The Kier molecular flexibility index (Phi) is 7.13. The van der Waals surface area contributed by atoms with Crippen molar-refractivity contribution in [2.75, 3.05) is 17.2 Å². The Labute approximate surface area is 180 Å². The fourth-order valence-corrected chi connectivity index (χ4v) is 2.91. The second-order valence-electron chi connectivity index (χ2n) is 6.45. The van der Waals surface area contributed by atoms with Crippen LogP contribution in [0, 0.1) is 6.92 Å². The van der Waals surface area contributed by atoms with Crippen LogP contribution in [0.3, 0.4) is 0 Å². The zero-order valence-corrected chi connectivity index (χ0v) is 17.2. The summed E-state index contributed by atoms with van der Waals surface area (Å²) in [5.41, 5.74) is 2.63. The number of carbonyl (C=O) groups excluding carboxylic acids is 2. The summed E-state index contributed by atoms with van der Waals surface area (Å²) in [6, 6.07) is 23.4. The lowest BCUT2D eigenvalue weighted by Gasteiger charge is -2.12. The zero-order valence-electron chi connectivity index (χ0n) is 16.3. The van der Waals surface area contributed by atoms with E-state index >= 15 is 0 Å². The summed E-state index contributed by atoms with van der Waals surface area (Å²) < 4.78 is 5.43. The third-order valence-electron chi connectivity index (χ3n) is 4.13. The number of carbonyl (C=O) groups is 2. The van der Waals surface area contributed by atoms with E-state index in [1.807, 2.05) is 37.3 Å². The van der Waals surface area contributed by atoms with Gasteiger partial charge in [0.15, 0.2) is 11.7 Å². The van der Waals surface area contributed by atoms with Gasteiger partial charge in [-0.3, -0.25) is 14.9 Å². The quantitative estimate of drug-likeness (QED) is 0.524. The summed E-state index contributed by atoms with van der Waals surface area (Å²) in [4.78, 5) is 24.5. The minimum absolute atomic E-state index is 0.105. The Hall–Kier alpha value is -3.71. The zero-order chi connectivity index (χ0) is 21.3. The SMILES string of the molecule is Cc1ccccc1C(=O)NC(=S)Nc1cccc(NC(=O)COc2ccccc2)c1. The fraction of sp³-hybridized carbons (Fsp3) is 0.0870. The molecular formula is C23H21N3O3S. The van der Waals surface area contributed by atoms with Crippen molar-refractivity contribution >= 4 is 40.5 Å². The molecule has 6 nitrogen and oxygen atoms in total. The predicted octanol–water partition coefficient (Wildman–Crippen LogP) is 4.14. The van der Waals surface area contributed by atoms with Crippen LogP contribution in [0.2, 0.25) is 0 Å². The van der Waals surface area contributed by atoms with Crippen LogP contribution in [-0.4, -0.2) is 23.5 Å². The van der Waals surface area contributed by atoms with E-state index in [0.29, 0.717) is 22.7 Å². The van der Waals surface area contributed by atoms with Gasteiger partial charge in [-0.2, -0.15) is 0 Å². The molecule has 2 amide bonds. The number of nitrogens with one attached hydrogen (secondary N) is 3. The number of thiocarbonyl (C=S) groups is 1. The molecule has 0 saturated carbocycles. The lowest BCUT2D eigenvalue weighted by atomic mass is 10.1. The molecule has 0 radical (unpaired) electrons. The Bertz CT molecular complexity index is 1050. The maximum atomic E-state index is 12.4. The van der Waals surface area contributed by atoms with Gasteiger partial charge >= 0.3 is 0 Å². The average Bonchev–Trinajstić information content (AvgIpc) is 2.73. The highest BCUT2D eigenvalue weighted by Crippen LogP contribution is 2.16. The van der Waals surface area contributed by atoms with Crippen LogP contribution in [0.15, 0.2) is 78.9 Å². The number of benzene rings is 3. The van der Waals surface area contributed by atoms with E-state index in [2.05, 4.69) is 16.0 Å². The largest absolute Gasteiger partial charge is 0.484 e. The van der Waals surface area contributed by atoms with Gasteiger partial charge in [-0.1, -0.05) is 42.5 Å². The number of aryl methyl sites for hydroxylation is 1. The minimum Gasteiger partial charge on any atom is -0.484 e. The molecule has 152 valence electrons. The van der Waals surface area contributed by atoms with Crippen molar-refractivity contribution in [1.82, 2.24) is 5.32 Å². The van der Waals surface area contributed by atoms with Crippen molar-refractivity contribution in [3.05, 3.63) is 90.0 Å². The monoisotopic (exact) mass is 419 g/mol. The molecule has 0 atom stereocenters. The first-order valence-electron chi connectivity index (χ1n) is 9.27. The summed E-state index contributed by atoms with van der Waals surface area (Å²) in [6.07, 6.45) is 0. The molecule has 30 heavy (non-hydrogen) atoms. The average molecular weight is 420 g/mol. The molecule has 0 unspecified atom stereocenters. The van der Waals surface area contributed by atoms with E-state index in [4.69, 9.17) is 17.0 Å². The second-order valence-corrected chi connectivity index (χ2v) is 6.86. The normalized spacial score (nSPS) is 10.0. The molecule has 7 heteroatoms. The number of ether oxygens (including phenoxy) is 1. The van der Waals surface area contributed by atoms with E-state index < -0.39 is 0 Å². The summed E-state index contributed by atoms with van der Waals surface area (Å²) >= 11 is 5.23. The van der Waals surface area contributed by atoms with Crippen LogP contribution in [0.5, 0.6) is 5.75 Å². The number of rotatable bonds is 6. The van der Waals surface area contributed by atoms with Crippen LogP contribution in [0.1, 0.15) is 15.9 Å². The first kappa shape index (κ1) is 21.0. The Morgan fingerprint density at radius 1 is 0.867 bits per heavy atom. The third kappa shape index (κ3) is 6.15. The van der Waals surface area contributed by atoms with Gasteiger partial charge in [-0.25, -0.2) is 0 Å². The number of amides is 2. The Morgan fingerprint density at radius 3 is 2.27 bits per heavy atom. The maximum absolute atomic E-state index is 12.4. The first-order valence-corrected chi connectivity index (χ1v) is 9.68. The second kappa shape index (κ2) is 10.2. The standard InChI is InChI=1S/C23H21N3O3S/c1-16-8-5-6-13-20(16)22(28)26-23(30)25-18-10-7-9-17(14-18)24-21(27)15-29-19-11-3-2-4-12-19/h2-14H,15H2,1H3,(H,24,27)(H2,25,26,28,30). The van der Waals surface area contributed by atoms with Crippen molar-refractivity contribution in [3.8, 4) is 5.75 Å². The Morgan fingerprint density at radius 2 is 1.53 bits per heavy atom. The molecule has 3 rings (SSSR count). The fourth-order valence-electron chi connectivity index (χ4n) is 2.70. The number of para-hydroxylation sites is 1. The van der Waals surface area contributed by atoms with Gasteiger partial charge in [0, 0.05) is 16.9 Å². The molecule has 0 fully saturated rings. The molecule has 0 aromatic heterocycles. The molecule has 0 aliphatic heterocycles. The van der Waals surface area contributed by atoms with Crippen LogP contribution in [0.25, 0.3) is 0 Å². The van der Waals surface area contributed by atoms with Gasteiger partial charge < -0.3 is 15.4 Å². The molecule has 0 heterocycles. The molecule has 0 bridgehead atoms. The molecule has 0 saturated heterocycles. The predicted molar refractivity (Wildman–Crippen MR) is 122 cm³/mol. The smallest absolute Gasteiger partial charge is 0.262 e. The topological polar surface area (TPSA) is 79.5 Å². The lowest BCUT2D eigenvalue weighted by molar-refractivity contribution is -0.118. The van der Waals surface area contributed by atoms with Crippen molar-refractivity contribution in [3.63, 3.8) is 0 Å². The minimum atomic E-state index is -0.286. The summed E-state index contributed by atoms with van der Waals surface area (Å²) in [6.45, 7) is 1.76.